The van der Waals surface area contributed by atoms with Gasteiger partial charge in [-0.2, -0.15) is 0 Å². The van der Waals surface area contributed by atoms with Crippen LogP contribution in [0.3, 0.4) is 0 Å². The van der Waals surface area contributed by atoms with Crippen molar-refractivity contribution in [3.05, 3.63) is 29.3 Å². The van der Waals surface area contributed by atoms with Gasteiger partial charge in [0.2, 0.25) is 0 Å². The molecule has 108 valence electrons. The molecule has 1 aromatic rings. The van der Waals surface area contributed by atoms with Crippen LogP contribution in [0.15, 0.2) is 18.2 Å². The smallest absolute Gasteiger partial charge is 0.123 e. The minimum Gasteiger partial charge on any atom is -0.496 e. The minimum atomic E-state index is -0.441. The summed E-state index contributed by atoms with van der Waals surface area (Å²) in [7, 11) is 1.69. The number of aliphatic hydroxyl groups is 1. The molecule has 3 heteroatoms. The van der Waals surface area contributed by atoms with Gasteiger partial charge < -0.3 is 9.84 Å². The summed E-state index contributed by atoms with van der Waals surface area (Å²) >= 11 is 0. The molecule has 0 aromatic heterocycles. The third kappa shape index (κ3) is 4.51. The lowest BCUT2D eigenvalue weighted by Crippen LogP contribution is -2.31. The standard InChI is InChI=1S/C16H27NO2/c1-6-9-17(12(2)3)11-15-10-14(13(4)18)7-8-16(15)19-5/h7-8,10,12-13,18H,6,9,11H2,1-5H3. The fraction of sp³-hybridized carbons (Fsp3) is 0.625. The van der Waals surface area contributed by atoms with Gasteiger partial charge >= 0.3 is 0 Å². The van der Waals surface area contributed by atoms with E-state index in [-0.39, 0.29) is 0 Å². The Hall–Kier alpha value is -1.06. The first kappa shape index (κ1) is 16.0. The highest BCUT2D eigenvalue weighted by molar-refractivity contribution is 5.38. The van der Waals surface area contributed by atoms with Gasteiger partial charge in [-0.15, -0.1) is 0 Å². The summed E-state index contributed by atoms with van der Waals surface area (Å²) in [6.45, 7) is 10.3. The average Bonchev–Trinajstić information content (AvgIpc) is 2.37. The fourth-order valence-corrected chi connectivity index (χ4v) is 2.21. The maximum atomic E-state index is 9.70. The summed E-state index contributed by atoms with van der Waals surface area (Å²) in [6.07, 6.45) is 0.694. The zero-order chi connectivity index (χ0) is 14.4. The van der Waals surface area contributed by atoms with Crippen molar-refractivity contribution in [2.24, 2.45) is 0 Å². The Morgan fingerprint density at radius 1 is 1.26 bits per heavy atom. The second kappa shape index (κ2) is 7.51. The summed E-state index contributed by atoms with van der Waals surface area (Å²) in [4.78, 5) is 2.42. The molecule has 0 saturated heterocycles. The van der Waals surface area contributed by atoms with E-state index < -0.39 is 6.10 Å². The van der Waals surface area contributed by atoms with Crippen molar-refractivity contribution in [1.29, 1.82) is 0 Å². The molecule has 1 rings (SSSR count). The molecule has 1 N–H and O–H groups in total. The average molecular weight is 265 g/mol. The van der Waals surface area contributed by atoms with Crippen molar-refractivity contribution >= 4 is 0 Å². The first-order valence-corrected chi connectivity index (χ1v) is 7.08. The van der Waals surface area contributed by atoms with Gasteiger partial charge in [0.05, 0.1) is 13.2 Å². The van der Waals surface area contributed by atoms with E-state index in [9.17, 15) is 5.11 Å². The molecule has 19 heavy (non-hydrogen) atoms. The Labute approximate surface area is 117 Å². The molecule has 0 radical (unpaired) electrons. The molecule has 0 aliphatic rings. The van der Waals surface area contributed by atoms with Crippen molar-refractivity contribution in [2.45, 2.75) is 52.8 Å². The van der Waals surface area contributed by atoms with Crippen molar-refractivity contribution in [1.82, 2.24) is 4.90 Å². The Morgan fingerprint density at radius 3 is 2.42 bits per heavy atom. The number of rotatable bonds is 7. The number of hydrogen-bond acceptors (Lipinski definition) is 3. The summed E-state index contributed by atoms with van der Waals surface area (Å²) in [5.41, 5.74) is 2.08. The first-order valence-electron chi connectivity index (χ1n) is 7.08. The van der Waals surface area contributed by atoms with Crippen LogP contribution in [0.1, 0.15) is 51.3 Å². The molecule has 1 atom stereocenters. The lowest BCUT2D eigenvalue weighted by atomic mass is 10.0. The Morgan fingerprint density at radius 2 is 1.95 bits per heavy atom. The maximum Gasteiger partial charge on any atom is 0.123 e. The van der Waals surface area contributed by atoms with E-state index in [1.54, 1.807) is 14.0 Å². The highest BCUT2D eigenvalue weighted by atomic mass is 16.5. The molecule has 0 aliphatic heterocycles. The number of methoxy groups -OCH3 is 1. The van der Waals surface area contributed by atoms with E-state index in [0.29, 0.717) is 6.04 Å². The van der Waals surface area contributed by atoms with Crippen LogP contribution in [-0.4, -0.2) is 29.7 Å². The van der Waals surface area contributed by atoms with E-state index in [4.69, 9.17) is 4.74 Å². The van der Waals surface area contributed by atoms with E-state index >= 15 is 0 Å². The number of hydrogen-bond donors (Lipinski definition) is 1. The van der Waals surface area contributed by atoms with Gasteiger partial charge in [-0.3, -0.25) is 4.90 Å². The van der Waals surface area contributed by atoms with Crippen LogP contribution in [0.5, 0.6) is 5.75 Å². The Kier molecular flexibility index (Phi) is 6.32. The van der Waals surface area contributed by atoms with Gasteiger partial charge in [0.15, 0.2) is 0 Å². The van der Waals surface area contributed by atoms with E-state index in [0.717, 1.165) is 36.4 Å². The monoisotopic (exact) mass is 265 g/mol. The van der Waals surface area contributed by atoms with Crippen molar-refractivity contribution in [3.63, 3.8) is 0 Å². The summed E-state index contributed by atoms with van der Waals surface area (Å²) in [6, 6.07) is 6.42. The molecule has 3 nitrogen and oxygen atoms in total. The van der Waals surface area contributed by atoms with Gasteiger partial charge in [0.1, 0.15) is 5.75 Å². The van der Waals surface area contributed by atoms with Gasteiger partial charge in [0.25, 0.3) is 0 Å². The van der Waals surface area contributed by atoms with E-state index in [1.807, 2.05) is 12.1 Å². The molecule has 1 unspecified atom stereocenters. The molecule has 1 aromatic carbocycles. The number of aliphatic hydroxyl groups excluding tert-OH is 1. The Bertz CT molecular complexity index is 388. The molecule has 0 fully saturated rings. The van der Waals surface area contributed by atoms with Crippen molar-refractivity contribution in [2.75, 3.05) is 13.7 Å². The van der Waals surface area contributed by atoms with Gasteiger partial charge in [0, 0.05) is 18.2 Å². The normalized spacial score (nSPS) is 13.1. The van der Waals surface area contributed by atoms with Crippen LogP contribution in [0.25, 0.3) is 0 Å². The van der Waals surface area contributed by atoms with Gasteiger partial charge in [-0.1, -0.05) is 13.0 Å². The molecule has 0 amide bonds. The first-order chi connectivity index (χ1) is 8.99. The second-order valence-electron chi connectivity index (χ2n) is 5.31. The predicted octanol–water partition coefficient (Wildman–Crippen LogP) is 3.37. The number of benzene rings is 1. The van der Waals surface area contributed by atoms with Gasteiger partial charge in [-0.25, -0.2) is 0 Å². The highest BCUT2D eigenvalue weighted by Gasteiger charge is 2.13. The number of ether oxygens (including phenoxy) is 1. The van der Waals surface area contributed by atoms with Crippen LogP contribution in [0.2, 0.25) is 0 Å². The molecular weight excluding hydrogens is 238 g/mol. The Balaban J connectivity index is 2.98. The lowest BCUT2D eigenvalue weighted by Gasteiger charge is -2.27. The highest BCUT2D eigenvalue weighted by Crippen LogP contribution is 2.25. The SMILES string of the molecule is CCCN(Cc1cc(C(C)O)ccc1OC)C(C)C. The van der Waals surface area contributed by atoms with Crippen LogP contribution in [0, 0.1) is 0 Å². The second-order valence-corrected chi connectivity index (χ2v) is 5.31. The van der Waals surface area contributed by atoms with E-state index in [2.05, 4.69) is 31.7 Å². The van der Waals surface area contributed by atoms with Crippen molar-refractivity contribution in [3.8, 4) is 5.75 Å². The van der Waals surface area contributed by atoms with Gasteiger partial charge in [-0.05, 0) is 51.4 Å². The number of nitrogens with zero attached hydrogens (tertiary/aromatic N) is 1. The quantitative estimate of drug-likeness (QED) is 0.820. The third-order valence-electron chi connectivity index (χ3n) is 3.40. The van der Waals surface area contributed by atoms with E-state index in [1.165, 1.54) is 0 Å². The summed E-state index contributed by atoms with van der Waals surface area (Å²) in [5.74, 6) is 0.895. The minimum absolute atomic E-state index is 0.441. The molecule has 0 spiro atoms. The van der Waals surface area contributed by atoms with Crippen molar-refractivity contribution < 1.29 is 9.84 Å². The fourth-order valence-electron chi connectivity index (χ4n) is 2.21. The zero-order valence-corrected chi connectivity index (χ0v) is 12.8. The third-order valence-corrected chi connectivity index (χ3v) is 3.40. The molecule has 0 aliphatic carbocycles. The maximum absolute atomic E-state index is 9.70. The molecular formula is C16H27NO2. The predicted molar refractivity (Wildman–Crippen MR) is 79.5 cm³/mol. The van der Waals surface area contributed by atoms with Crippen LogP contribution in [-0.2, 0) is 6.54 Å². The lowest BCUT2D eigenvalue weighted by molar-refractivity contribution is 0.197. The van der Waals surface area contributed by atoms with Crippen LogP contribution < -0.4 is 4.74 Å². The molecule has 0 saturated carbocycles. The largest absolute Gasteiger partial charge is 0.496 e. The summed E-state index contributed by atoms with van der Waals surface area (Å²) < 4.78 is 5.43. The van der Waals surface area contributed by atoms with Crippen LogP contribution >= 0.6 is 0 Å². The zero-order valence-electron chi connectivity index (χ0n) is 12.8. The molecule has 0 heterocycles. The molecule has 0 bridgehead atoms. The topological polar surface area (TPSA) is 32.7 Å². The summed E-state index contributed by atoms with van der Waals surface area (Å²) in [5, 5.41) is 9.70. The van der Waals surface area contributed by atoms with Crippen LogP contribution in [0.4, 0.5) is 0 Å².